The van der Waals surface area contributed by atoms with Crippen LogP contribution in [-0.2, 0) is 6.42 Å². The molecule has 0 saturated heterocycles. The molecule has 1 aromatic rings. The normalized spacial score (nSPS) is 24.0. The number of nitrogens with one attached hydrogen (secondary N) is 1. The van der Waals surface area contributed by atoms with Crippen LogP contribution in [0.1, 0.15) is 51.0 Å². The first-order valence-corrected chi connectivity index (χ1v) is 9.01. The van der Waals surface area contributed by atoms with Crippen LogP contribution in [0.3, 0.4) is 0 Å². The molecule has 21 heavy (non-hydrogen) atoms. The maximum Gasteiger partial charge on any atom is 0.0624 e. The van der Waals surface area contributed by atoms with E-state index in [1.54, 1.807) is 0 Å². The summed E-state index contributed by atoms with van der Waals surface area (Å²) in [5, 5.41) is 4.90. The molecule has 1 nitrogen and oxygen atoms in total. The van der Waals surface area contributed by atoms with E-state index in [9.17, 15) is 0 Å². The Labute approximate surface area is 139 Å². The average molecular weight is 328 g/mol. The first-order chi connectivity index (χ1) is 10.2. The lowest BCUT2D eigenvalue weighted by molar-refractivity contribution is 0.217. The molecule has 1 aliphatic rings. The molecule has 1 N–H and O–H groups in total. The molecule has 2 rings (SSSR count). The monoisotopic (exact) mass is 327 g/mol. The Balaban J connectivity index is 1.96. The number of hydrogen-bond acceptors (Lipinski definition) is 1. The second kappa shape index (κ2) is 8.41. The zero-order valence-electron chi connectivity index (χ0n) is 13.2. The highest BCUT2D eigenvalue weighted by atomic mass is 35.5. The predicted octanol–water partition coefficient (Wildman–Crippen LogP) is 5.73. The van der Waals surface area contributed by atoms with Gasteiger partial charge in [-0.2, -0.15) is 0 Å². The van der Waals surface area contributed by atoms with Crippen LogP contribution in [0.2, 0.25) is 10.0 Å². The average Bonchev–Trinajstić information content (AvgIpc) is 2.50. The van der Waals surface area contributed by atoms with Gasteiger partial charge in [-0.25, -0.2) is 0 Å². The molecule has 0 aromatic heterocycles. The van der Waals surface area contributed by atoms with Gasteiger partial charge in [-0.3, -0.25) is 0 Å². The fraction of sp³-hybridized carbons (Fsp3) is 0.667. The minimum atomic E-state index is 0.503. The third-order valence-electron chi connectivity index (χ3n) is 5.00. The molecular formula is C18H27Cl2N. The quantitative estimate of drug-likeness (QED) is 0.703. The van der Waals surface area contributed by atoms with Crippen molar-refractivity contribution in [2.45, 2.75) is 57.9 Å². The summed E-state index contributed by atoms with van der Waals surface area (Å²) in [5.74, 6) is 1.72. The van der Waals surface area contributed by atoms with Gasteiger partial charge < -0.3 is 5.32 Å². The van der Waals surface area contributed by atoms with Crippen LogP contribution in [0, 0.1) is 11.8 Å². The molecule has 1 aromatic carbocycles. The summed E-state index contributed by atoms with van der Waals surface area (Å²) in [5.41, 5.74) is 1.17. The minimum absolute atomic E-state index is 0.503. The largest absolute Gasteiger partial charge is 0.316 e. The molecule has 0 bridgehead atoms. The molecule has 0 aliphatic heterocycles. The SMILES string of the molecule is CCCC1CCC(C(Cc2cccc(Cl)c2Cl)NC)CC1. The molecule has 0 spiro atoms. The Morgan fingerprint density at radius 2 is 1.90 bits per heavy atom. The molecular weight excluding hydrogens is 301 g/mol. The molecule has 1 aliphatic carbocycles. The van der Waals surface area contributed by atoms with E-state index in [1.807, 2.05) is 12.1 Å². The Morgan fingerprint density at radius 3 is 2.52 bits per heavy atom. The summed E-state index contributed by atoms with van der Waals surface area (Å²) in [6, 6.07) is 6.46. The topological polar surface area (TPSA) is 12.0 Å². The molecule has 3 heteroatoms. The first kappa shape index (κ1) is 17.1. The van der Waals surface area contributed by atoms with E-state index in [1.165, 1.54) is 44.1 Å². The third kappa shape index (κ3) is 4.61. The molecule has 1 saturated carbocycles. The van der Waals surface area contributed by atoms with Crippen LogP contribution in [0.4, 0.5) is 0 Å². The number of benzene rings is 1. The molecule has 0 heterocycles. The van der Waals surface area contributed by atoms with Gasteiger partial charge in [0.05, 0.1) is 10.0 Å². The Bertz CT molecular complexity index is 439. The third-order valence-corrected chi connectivity index (χ3v) is 5.86. The first-order valence-electron chi connectivity index (χ1n) is 8.25. The van der Waals surface area contributed by atoms with E-state index in [0.29, 0.717) is 11.1 Å². The second-order valence-electron chi connectivity index (χ2n) is 6.38. The van der Waals surface area contributed by atoms with Gasteiger partial charge >= 0.3 is 0 Å². The summed E-state index contributed by atoms with van der Waals surface area (Å²) in [6.07, 6.45) is 9.15. The maximum absolute atomic E-state index is 6.34. The molecule has 0 amide bonds. The van der Waals surface area contributed by atoms with Crippen molar-refractivity contribution >= 4 is 23.2 Å². The van der Waals surface area contributed by atoms with Crippen molar-refractivity contribution in [3.8, 4) is 0 Å². The van der Waals surface area contributed by atoms with Crippen molar-refractivity contribution in [1.82, 2.24) is 5.32 Å². The van der Waals surface area contributed by atoms with Crippen molar-refractivity contribution in [3.63, 3.8) is 0 Å². The van der Waals surface area contributed by atoms with Crippen LogP contribution < -0.4 is 5.32 Å². The summed E-state index contributed by atoms with van der Waals surface area (Å²) in [7, 11) is 2.07. The van der Waals surface area contributed by atoms with Crippen LogP contribution in [0.5, 0.6) is 0 Å². The number of hydrogen-bond donors (Lipinski definition) is 1. The summed E-state index contributed by atoms with van der Waals surface area (Å²) >= 11 is 12.5. The van der Waals surface area contributed by atoms with Gasteiger partial charge in [0.25, 0.3) is 0 Å². The zero-order valence-corrected chi connectivity index (χ0v) is 14.7. The summed E-state index contributed by atoms with van der Waals surface area (Å²) in [6.45, 7) is 2.30. The predicted molar refractivity (Wildman–Crippen MR) is 93.4 cm³/mol. The van der Waals surface area contributed by atoms with Crippen LogP contribution in [-0.4, -0.2) is 13.1 Å². The van der Waals surface area contributed by atoms with Gasteiger partial charge in [0.2, 0.25) is 0 Å². The van der Waals surface area contributed by atoms with Crippen molar-refractivity contribution < 1.29 is 0 Å². The molecule has 0 radical (unpaired) electrons. The standard InChI is InChI=1S/C18H27Cl2N/c1-3-5-13-8-10-14(11-9-13)17(21-2)12-15-6-4-7-16(19)18(15)20/h4,6-7,13-14,17,21H,3,5,8-12H2,1-2H3. The minimum Gasteiger partial charge on any atom is -0.316 e. The smallest absolute Gasteiger partial charge is 0.0624 e. The Hall–Kier alpha value is -0.240. The fourth-order valence-corrected chi connectivity index (χ4v) is 4.13. The van der Waals surface area contributed by atoms with Crippen molar-refractivity contribution in [1.29, 1.82) is 0 Å². The van der Waals surface area contributed by atoms with Crippen LogP contribution in [0.15, 0.2) is 18.2 Å². The van der Waals surface area contributed by atoms with E-state index >= 15 is 0 Å². The van der Waals surface area contributed by atoms with Crippen molar-refractivity contribution in [2.24, 2.45) is 11.8 Å². The summed E-state index contributed by atoms with van der Waals surface area (Å²) in [4.78, 5) is 0. The highest BCUT2D eigenvalue weighted by Gasteiger charge is 2.27. The van der Waals surface area contributed by atoms with Crippen LogP contribution in [0.25, 0.3) is 0 Å². The highest BCUT2D eigenvalue weighted by Crippen LogP contribution is 2.35. The highest BCUT2D eigenvalue weighted by molar-refractivity contribution is 6.42. The van der Waals surface area contributed by atoms with Crippen LogP contribution >= 0.6 is 23.2 Å². The van der Waals surface area contributed by atoms with Crippen molar-refractivity contribution in [2.75, 3.05) is 7.05 Å². The lowest BCUT2D eigenvalue weighted by Gasteiger charge is -2.34. The lowest BCUT2D eigenvalue weighted by Crippen LogP contribution is -2.37. The van der Waals surface area contributed by atoms with E-state index in [0.717, 1.165) is 23.3 Å². The summed E-state index contributed by atoms with van der Waals surface area (Å²) < 4.78 is 0. The van der Waals surface area contributed by atoms with Gasteiger partial charge in [-0.15, -0.1) is 0 Å². The zero-order chi connectivity index (χ0) is 15.2. The van der Waals surface area contributed by atoms with E-state index in [4.69, 9.17) is 23.2 Å². The van der Waals surface area contributed by atoms with E-state index < -0.39 is 0 Å². The maximum atomic E-state index is 6.34. The van der Waals surface area contributed by atoms with Gasteiger partial charge in [0.1, 0.15) is 0 Å². The number of likely N-dealkylation sites (N-methyl/N-ethyl adjacent to an activating group) is 1. The molecule has 1 fully saturated rings. The Kier molecular flexibility index (Phi) is 6.85. The van der Waals surface area contributed by atoms with Gasteiger partial charge in [0, 0.05) is 6.04 Å². The molecule has 1 unspecified atom stereocenters. The van der Waals surface area contributed by atoms with Gasteiger partial charge in [0.15, 0.2) is 0 Å². The molecule has 118 valence electrons. The molecule has 1 atom stereocenters. The van der Waals surface area contributed by atoms with E-state index in [-0.39, 0.29) is 0 Å². The van der Waals surface area contributed by atoms with Crippen molar-refractivity contribution in [3.05, 3.63) is 33.8 Å². The Morgan fingerprint density at radius 1 is 1.19 bits per heavy atom. The fourth-order valence-electron chi connectivity index (χ4n) is 3.73. The van der Waals surface area contributed by atoms with E-state index in [2.05, 4.69) is 25.4 Å². The van der Waals surface area contributed by atoms with Gasteiger partial charge in [-0.05, 0) is 49.8 Å². The lowest BCUT2D eigenvalue weighted by atomic mass is 9.76. The second-order valence-corrected chi connectivity index (χ2v) is 7.17. The number of rotatable bonds is 6. The van der Waals surface area contributed by atoms with Gasteiger partial charge in [-0.1, -0.05) is 67.9 Å². The number of halogens is 2.